The Balaban J connectivity index is 0.00000130. The van der Waals surface area contributed by atoms with Crippen LogP contribution in [0.1, 0.15) is 65.7 Å². The molecule has 190 valence electrons. The average molecular weight is 497 g/mol. The number of esters is 1. The number of rotatable bonds is 4. The minimum atomic E-state index is -1.53. The highest BCUT2D eigenvalue weighted by Crippen LogP contribution is 2.46. The van der Waals surface area contributed by atoms with Crippen molar-refractivity contribution in [2.24, 2.45) is 0 Å². The average Bonchev–Trinajstić information content (AvgIpc) is 3.25. The number of ether oxygens (including phenoxy) is 2. The van der Waals surface area contributed by atoms with E-state index in [1.165, 1.54) is 6.07 Å². The summed E-state index contributed by atoms with van der Waals surface area (Å²) in [5, 5.41) is 20.4. The van der Waals surface area contributed by atoms with Crippen molar-refractivity contribution >= 4 is 16.9 Å². The minimum absolute atomic E-state index is 0.00157. The van der Waals surface area contributed by atoms with Crippen LogP contribution in [0.3, 0.4) is 0 Å². The van der Waals surface area contributed by atoms with E-state index >= 15 is 0 Å². The second-order valence-corrected chi connectivity index (χ2v) is 9.11. The highest BCUT2D eigenvalue weighted by molar-refractivity contribution is 5.93. The van der Waals surface area contributed by atoms with Gasteiger partial charge in [0, 0.05) is 28.5 Å². The van der Waals surface area contributed by atoms with E-state index < -0.39 is 12.1 Å². The van der Waals surface area contributed by atoms with Gasteiger partial charge in [0.05, 0.1) is 48.8 Å². The second kappa shape index (κ2) is 9.38. The van der Waals surface area contributed by atoms with Crippen LogP contribution in [0.2, 0.25) is 0 Å². The molecule has 0 fully saturated rings. The number of aliphatic hydroxyl groups is 2. The van der Waals surface area contributed by atoms with Crippen molar-refractivity contribution in [2.75, 3.05) is 19.8 Å². The van der Waals surface area contributed by atoms with E-state index in [1.807, 2.05) is 13.8 Å². The van der Waals surface area contributed by atoms with Gasteiger partial charge in [-0.05, 0) is 42.5 Å². The van der Waals surface area contributed by atoms with E-state index in [4.69, 9.17) is 19.6 Å². The zero-order valence-electron chi connectivity index (χ0n) is 20.6. The van der Waals surface area contributed by atoms with Gasteiger partial charge < -0.3 is 24.3 Å². The molecule has 0 amide bonds. The van der Waals surface area contributed by atoms with Crippen LogP contribution in [0.25, 0.3) is 22.3 Å². The number of aromatic nitrogens is 2. The molecule has 0 saturated heterocycles. The van der Waals surface area contributed by atoms with E-state index in [-0.39, 0.29) is 54.8 Å². The van der Waals surface area contributed by atoms with Crippen LogP contribution in [0, 0.1) is 12.7 Å². The summed E-state index contributed by atoms with van der Waals surface area (Å²) in [5.41, 5.74) is 5.11. The molecule has 3 aliphatic rings. The van der Waals surface area contributed by atoms with Crippen LogP contribution in [-0.4, -0.2) is 45.6 Å². The number of fused-ring (bicyclic) bond motifs is 5. The normalized spacial score (nSPS) is 19.2. The molecule has 9 heteroatoms. The van der Waals surface area contributed by atoms with Crippen molar-refractivity contribution in [3.8, 4) is 11.4 Å². The predicted octanol–water partition coefficient (Wildman–Crippen LogP) is 3.03. The number of carbonyl (C=O) groups excluding carboxylic acids is 1. The van der Waals surface area contributed by atoms with Crippen molar-refractivity contribution in [2.45, 2.75) is 58.8 Å². The third-order valence-corrected chi connectivity index (χ3v) is 7.32. The Labute approximate surface area is 207 Å². The van der Waals surface area contributed by atoms with Crippen LogP contribution in [0.5, 0.6) is 0 Å². The van der Waals surface area contributed by atoms with Crippen molar-refractivity contribution in [1.29, 1.82) is 0 Å². The quantitative estimate of drug-likeness (QED) is 0.330. The molecule has 2 unspecified atom stereocenters. The molecule has 36 heavy (non-hydrogen) atoms. The first-order valence-corrected chi connectivity index (χ1v) is 12.4. The minimum Gasteiger partial charge on any atom is -0.458 e. The summed E-state index contributed by atoms with van der Waals surface area (Å²) in [4.78, 5) is 30.0. The molecule has 4 heterocycles. The van der Waals surface area contributed by atoms with E-state index in [0.29, 0.717) is 35.5 Å². The fourth-order valence-corrected chi connectivity index (χ4v) is 5.65. The van der Waals surface area contributed by atoms with Crippen LogP contribution in [0.15, 0.2) is 16.9 Å². The number of cyclic esters (lactones) is 1. The maximum absolute atomic E-state index is 14.8. The number of aliphatic hydroxyl groups excluding tert-OH is 2. The van der Waals surface area contributed by atoms with Gasteiger partial charge in [0.1, 0.15) is 12.4 Å². The van der Waals surface area contributed by atoms with Gasteiger partial charge in [-0.25, -0.2) is 14.2 Å². The lowest BCUT2D eigenvalue weighted by Crippen LogP contribution is -2.32. The maximum Gasteiger partial charge on any atom is 0.340 e. The molecule has 0 spiro atoms. The van der Waals surface area contributed by atoms with Crippen molar-refractivity contribution in [3.63, 3.8) is 0 Å². The highest BCUT2D eigenvalue weighted by Gasteiger charge is 2.37. The Hall–Kier alpha value is -3.14. The lowest BCUT2D eigenvalue weighted by molar-refractivity contribution is -0.157. The molecule has 1 aromatic carbocycles. The fraction of sp³-hybridized carbons (Fsp3) is 0.444. The molecule has 2 aliphatic heterocycles. The smallest absolute Gasteiger partial charge is 0.340 e. The number of hydrogen-bond donors (Lipinski definition) is 2. The lowest BCUT2D eigenvalue weighted by atomic mass is 9.78. The van der Waals surface area contributed by atoms with E-state index in [0.717, 1.165) is 28.5 Å². The number of carbonyl (C=O) groups is 1. The summed E-state index contributed by atoms with van der Waals surface area (Å²) in [6.45, 7) is 6.41. The van der Waals surface area contributed by atoms with Crippen LogP contribution in [0.4, 0.5) is 4.39 Å². The van der Waals surface area contributed by atoms with Gasteiger partial charge in [0.25, 0.3) is 5.56 Å². The highest BCUT2D eigenvalue weighted by atomic mass is 19.1. The first-order valence-electron chi connectivity index (χ1n) is 12.4. The van der Waals surface area contributed by atoms with E-state index in [9.17, 15) is 19.1 Å². The summed E-state index contributed by atoms with van der Waals surface area (Å²) in [7, 11) is 0. The molecule has 0 radical (unpaired) electrons. The standard InChI is InChI=1S/C25H23FN2O6.C2H6/c1-11-13-3-2-12(9-33-5-4-29)20-15-8-28-19(22(15)27-18(21(13)20)7-17(11)26)6-14-16(24(28)31)10-34-25(32)23(14)30;1-2/h6-7,12,23,29-30H,2-5,8-10H2,1H3;1-2H3. The van der Waals surface area contributed by atoms with Crippen molar-refractivity contribution < 1.29 is 28.9 Å². The number of hydrogen-bond acceptors (Lipinski definition) is 7. The molecule has 0 saturated carbocycles. The summed E-state index contributed by atoms with van der Waals surface area (Å²) < 4.78 is 27.0. The molecule has 6 rings (SSSR count). The zero-order chi connectivity index (χ0) is 25.7. The van der Waals surface area contributed by atoms with Crippen LogP contribution in [-0.2, 0) is 33.8 Å². The van der Waals surface area contributed by atoms with Gasteiger partial charge in [-0.15, -0.1) is 0 Å². The van der Waals surface area contributed by atoms with Gasteiger partial charge in [0.2, 0.25) is 0 Å². The molecule has 2 aromatic heterocycles. The SMILES string of the molecule is CC.Cc1c(F)cc2nc3c(c4c2c1CCC4COCCO)Cn1c-3cc2c(c1=O)COC(=O)C2O. The molecular weight excluding hydrogens is 467 g/mol. The van der Waals surface area contributed by atoms with Crippen molar-refractivity contribution in [1.82, 2.24) is 9.55 Å². The number of benzene rings is 1. The van der Waals surface area contributed by atoms with Crippen LogP contribution < -0.4 is 5.56 Å². The molecule has 3 aromatic rings. The maximum atomic E-state index is 14.8. The lowest BCUT2D eigenvalue weighted by Gasteiger charge is -2.29. The fourth-order valence-electron chi connectivity index (χ4n) is 5.65. The Morgan fingerprint density at radius 3 is 2.75 bits per heavy atom. The molecular formula is C27H29FN2O6. The topological polar surface area (TPSA) is 111 Å². The predicted molar refractivity (Wildman–Crippen MR) is 130 cm³/mol. The molecule has 2 atom stereocenters. The third kappa shape index (κ3) is 3.56. The van der Waals surface area contributed by atoms with Crippen molar-refractivity contribution in [3.05, 3.63) is 61.7 Å². The Morgan fingerprint density at radius 1 is 1.22 bits per heavy atom. The number of nitrogens with zero attached hydrogens (tertiary/aromatic N) is 2. The largest absolute Gasteiger partial charge is 0.458 e. The van der Waals surface area contributed by atoms with Crippen LogP contribution >= 0.6 is 0 Å². The zero-order valence-corrected chi connectivity index (χ0v) is 20.6. The third-order valence-electron chi connectivity index (χ3n) is 7.32. The summed E-state index contributed by atoms with van der Waals surface area (Å²) >= 11 is 0. The molecule has 1 aliphatic carbocycles. The Kier molecular flexibility index (Phi) is 6.40. The van der Waals surface area contributed by atoms with Gasteiger partial charge in [-0.1, -0.05) is 13.8 Å². The Morgan fingerprint density at radius 2 is 2.00 bits per heavy atom. The van der Waals surface area contributed by atoms with Gasteiger partial charge in [0.15, 0.2) is 6.10 Å². The summed E-state index contributed by atoms with van der Waals surface area (Å²) in [5.74, 6) is -1.12. The van der Waals surface area contributed by atoms with Gasteiger partial charge in [-0.2, -0.15) is 0 Å². The number of aryl methyl sites for hydroxylation is 1. The Bertz CT molecular complexity index is 1450. The number of pyridine rings is 2. The first-order chi connectivity index (χ1) is 17.4. The monoisotopic (exact) mass is 496 g/mol. The molecule has 0 bridgehead atoms. The first kappa shape index (κ1) is 24.5. The van der Waals surface area contributed by atoms with Gasteiger partial charge >= 0.3 is 5.97 Å². The number of halogens is 1. The van der Waals surface area contributed by atoms with Gasteiger partial charge in [-0.3, -0.25) is 4.79 Å². The van der Waals surface area contributed by atoms with E-state index in [2.05, 4.69) is 0 Å². The summed E-state index contributed by atoms with van der Waals surface area (Å²) in [6.07, 6.45) is -0.0958. The second-order valence-electron chi connectivity index (χ2n) is 9.11. The van der Waals surface area contributed by atoms with E-state index in [1.54, 1.807) is 17.6 Å². The molecule has 8 nitrogen and oxygen atoms in total. The molecule has 2 N–H and O–H groups in total. The summed E-state index contributed by atoms with van der Waals surface area (Å²) in [6, 6.07) is 3.06.